The predicted molar refractivity (Wildman–Crippen MR) is 70.7 cm³/mol. The lowest BCUT2D eigenvalue weighted by molar-refractivity contribution is 0.695. The summed E-state index contributed by atoms with van der Waals surface area (Å²) in [6, 6.07) is 11.0. The van der Waals surface area contributed by atoms with Crippen LogP contribution in [0.4, 0.5) is 0 Å². The fourth-order valence-electron chi connectivity index (χ4n) is 1.56. The topological polar surface area (TPSA) is 23.8 Å². The zero-order chi connectivity index (χ0) is 11.8. The molecule has 0 saturated heterocycles. The summed E-state index contributed by atoms with van der Waals surface area (Å²) in [5, 5.41) is 8.55. The molecule has 0 N–H and O–H groups in total. The monoisotopic (exact) mass is 233 g/mol. The second kappa shape index (κ2) is 7.35. The van der Waals surface area contributed by atoms with Gasteiger partial charge in [-0.3, -0.25) is 0 Å². The number of hydrogen-bond acceptors (Lipinski definition) is 2. The summed E-state index contributed by atoms with van der Waals surface area (Å²) in [5.41, 5.74) is 1.34. The molecular formula is C14H19NS. The summed E-state index contributed by atoms with van der Waals surface area (Å²) in [7, 11) is 0. The van der Waals surface area contributed by atoms with Crippen LogP contribution in [-0.2, 0) is 0 Å². The number of nitrogens with zero attached hydrogens (tertiary/aromatic N) is 1. The Balaban J connectivity index is 2.53. The van der Waals surface area contributed by atoms with Crippen LogP contribution in [0.1, 0.15) is 44.6 Å². The second-order valence-electron chi connectivity index (χ2n) is 4.02. The van der Waals surface area contributed by atoms with Crippen LogP contribution in [0.3, 0.4) is 0 Å². The number of nitriles is 1. The van der Waals surface area contributed by atoms with Crippen molar-refractivity contribution in [3.63, 3.8) is 0 Å². The summed E-state index contributed by atoms with van der Waals surface area (Å²) < 4.78 is 0. The third-order valence-electron chi connectivity index (χ3n) is 2.61. The van der Waals surface area contributed by atoms with E-state index < -0.39 is 0 Å². The molecule has 0 radical (unpaired) electrons. The zero-order valence-corrected chi connectivity index (χ0v) is 10.9. The molecule has 16 heavy (non-hydrogen) atoms. The summed E-state index contributed by atoms with van der Waals surface area (Å²) in [6.07, 6.45) is 2.82. The minimum absolute atomic E-state index is 0.491. The Morgan fingerprint density at radius 2 is 2.00 bits per heavy atom. The van der Waals surface area contributed by atoms with E-state index in [0.29, 0.717) is 12.3 Å². The van der Waals surface area contributed by atoms with E-state index in [1.165, 1.54) is 22.6 Å². The first-order chi connectivity index (χ1) is 7.77. The van der Waals surface area contributed by atoms with Crippen molar-refractivity contribution in [1.82, 2.24) is 0 Å². The summed E-state index contributed by atoms with van der Waals surface area (Å²) in [4.78, 5) is 1.35. The van der Waals surface area contributed by atoms with Gasteiger partial charge in [0.25, 0.3) is 0 Å². The van der Waals surface area contributed by atoms with Crippen molar-refractivity contribution in [3.05, 3.63) is 29.8 Å². The maximum Gasteiger partial charge on any atom is 0.0621 e. The van der Waals surface area contributed by atoms with Crippen LogP contribution in [0.5, 0.6) is 0 Å². The largest absolute Gasteiger partial charge is 0.198 e. The average Bonchev–Trinajstić information content (AvgIpc) is 2.34. The van der Waals surface area contributed by atoms with Gasteiger partial charge in [-0.15, -0.1) is 11.8 Å². The molecule has 1 unspecified atom stereocenters. The van der Waals surface area contributed by atoms with Gasteiger partial charge >= 0.3 is 0 Å². The fourth-order valence-corrected chi connectivity index (χ4v) is 2.33. The normalized spacial score (nSPS) is 12.1. The van der Waals surface area contributed by atoms with E-state index in [1.807, 2.05) is 11.8 Å². The van der Waals surface area contributed by atoms with Crippen LogP contribution in [-0.4, -0.2) is 5.75 Å². The molecule has 0 spiro atoms. The summed E-state index contributed by atoms with van der Waals surface area (Å²) in [5.74, 6) is 1.67. The molecule has 0 aromatic heterocycles. The minimum atomic E-state index is 0.491. The van der Waals surface area contributed by atoms with Gasteiger partial charge in [0, 0.05) is 11.3 Å². The van der Waals surface area contributed by atoms with E-state index >= 15 is 0 Å². The molecule has 1 atom stereocenters. The highest BCUT2D eigenvalue weighted by Gasteiger charge is 2.04. The van der Waals surface area contributed by atoms with Gasteiger partial charge in [0.2, 0.25) is 0 Å². The Morgan fingerprint density at radius 3 is 2.56 bits per heavy atom. The van der Waals surface area contributed by atoms with Crippen LogP contribution in [0.15, 0.2) is 29.2 Å². The summed E-state index contributed by atoms with van der Waals surface area (Å²) >= 11 is 1.91. The van der Waals surface area contributed by atoms with Gasteiger partial charge in [0.1, 0.15) is 0 Å². The highest BCUT2D eigenvalue weighted by atomic mass is 32.2. The van der Waals surface area contributed by atoms with E-state index in [2.05, 4.69) is 44.2 Å². The molecule has 0 heterocycles. The lowest BCUT2D eigenvalue weighted by Crippen LogP contribution is -1.92. The molecule has 0 fully saturated rings. The predicted octanol–water partition coefficient (Wildman–Crippen LogP) is 4.60. The number of rotatable bonds is 6. The van der Waals surface area contributed by atoms with Crippen LogP contribution in [0, 0.1) is 11.3 Å². The molecule has 0 amide bonds. The van der Waals surface area contributed by atoms with Crippen LogP contribution >= 0.6 is 11.8 Å². The van der Waals surface area contributed by atoms with Gasteiger partial charge in [0.05, 0.1) is 6.07 Å². The number of hydrogen-bond donors (Lipinski definition) is 0. The van der Waals surface area contributed by atoms with Crippen molar-refractivity contribution >= 4 is 11.8 Å². The molecule has 0 bridgehead atoms. The molecule has 1 rings (SSSR count). The van der Waals surface area contributed by atoms with Crippen molar-refractivity contribution in [2.45, 2.75) is 43.9 Å². The van der Waals surface area contributed by atoms with Crippen molar-refractivity contribution in [2.75, 3.05) is 5.75 Å². The first kappa shape index (κ1) is 13.1. The maximum atomic E-state index is 8.55. The third-order valence-corrected chi connectivity index (χ3v) is 3.83. The van der Waals surface area contributed by atoms with E-state index in [1.54, 1.807) is 0 Å². The lowest BCUT2D eigenvalue weighted by Gasteiger charge is -2.10. The van der Waals surface area contributed by atoms with Gasteiger partial charge < -0.3 is 0 Å². The van der Waals surface area contributed by atoms with E-state index in [0.717, 1.165) is 6.42 Å². The molecule has 86 valence electrons. The zero-order valence-electron chi connectivity index (χ0n) is 10.1. The van der Waals surface area contributed by atoms with Crippen LogP contribution in [0.2, 0.25) is 0 Å². The lowest BCUT2D eigenvalue weighted by atomic mass is 9.97. The Kier molecular flexibility index (Phi) is 6.03. The van der Waals surface area contributed by atoms with E-state index in [4.69, 9.17) is 5.26 Å². The molecular weight excluding hydrogens is 214 g/mol. The summed E-state index contributed by atoms with van der Waals surface area (Å²) in [6.45, 7) is 4.39. The minimum Gasteiger partial charge on any atom is -0.198 e. The fraction of sp³-hybridized carbons (Fsp3) is 0.500. The average molecular weight is 233 g/mol. The first-order valence-electron chi connectivity index (χ1n) is 5.87. The molecule has 1 aromatic rings. The van der Waals surface area contributed by atoms with Gasteiger partial charge in [-0.05, 0) is 42.2 Å². The number of thioether (sulfide) groups is 1. The van der Waals surface area contributed by atoms with Gasteiger partial charge in [0.15, 0.2) is 0 Å². The van der Waals surface area contributed by atoms with Crippen LogP contribution in [0.25, 0.3) is 0 Å². The Hall–Kier alpha value is -0.940. The number of benzene rings is 1. The molecule has 0 aliphatic rings. The quantitative estimate of drug-likeness (QED) is 0.671. The van der Waals surface area contributed by atoms with Crippen molar-refractivity contribution in [2.24, 2.45) is 0 Å². The first-order valence-corrected chi connectivity index (χ1v) is 6.86. The maximum absolute atomic E-state index is 8.55. The van der Waals surface area contributed by atoms with Gasteiger partial charge in [-0.25, -0.2) is 0 Å². The highest BCUT2D eigenvalue weighted by molar-refractivity contribution is 7.99. The standard InChI is InChI=1S/C14H19NS/c1-3-11-16-14-8-6-13(7-9-14)12(2)5-4-10-15/h6-9,12H,3-5,11H2,1-2H3. The van der Waals surface area contributed by atoms with E-state index in [-0.39, 0.29) is 0 Å². The van der Waals surface area contributed by atoms with Crippen molar-refractivity contribution in [3.8, 4) is 6.07 Å². The second-order valence-corrected chi connectivity index (χ2v) is 5.18. The van der Waals surface area contributed by atoms with Crippen LogP contribution < -0.4 is 0 Å². The van der Waals surface area contributed by atoms with Gasteiger partial charge in [-0.1, -0.05) is 26.0 Å². The van der Waals surface area contributed by atoms with Crippen molar-refractivity contribution < 1.29 is 0 Å². The molecule has 1 aromatic carbocycles. The Morgan fingerprint density at radius 1 is 1.31 bits per heavy atom. The molecule has 0 saturated carbocycles. The Bertz CT molecular complexity index is 337. The Labute approximate surface area is 103 Å². The SMILES string of the molecule is CCCSc1ccc(C(C)CCC#N)cc1. The third kappa shape index (κ3) is 4.28. The van der Waals surface area contributed by atoms with E-state index in [9.17, 15) is 0 Å². The molecule has 1 nitrogen and oxygen atoms in total. The van der Waals surface area contributed by atoms with Crippen molar-refractivity contribution in [1.29, 1.82) is 5.26 Å². The highest BCUT2D eigenvalue weighted by Crippen LogP contribution is 2.24. The molecule has 2 heteroatoms. The van der Waals surface area contributed by atoms with Gasteiger partial charge in [-0.2, -0.15) is 5.26 Å². The molecule has 0 aliphatic carbocycles. The molecule has 0 aliphatic heterocycles. The smallest absolute Gasteiger partial charge is 0.0621 e.